The van der Waals surface area contributed by atoms with Crippen LogP contribution in [0.15, 0.2) is 34.8 Å². The first-order valence-corrected chi connectivity index (χ1v) is 6.76. The summed E-state index contributed by atoms with van der Waals surface area (Å²) in [5, 5.41) is 2.07. The van der Waals surface area contributed by atoms with Crippen molar-refractivity contribution in [3.8, 4) is 5.75 Å². The third-order valence-electron chi connectivity index (χ3n) is 2.92. The minimum Gasteiger partial charge on any atom is -0.496 e. The van der Waals surface area contributed by atoms with Crippen molar-refractivity contribution in [1.29, 1.82) is 0 Å². The molecule has 19 heavy (non-hydrogen) atoms. The summed E-state index contributed by atoms with van der Waals surface area (Å²) >= 11 is 3.53. The van der Waals surface area contributed by atoms with Crippen LogP contribution in [0.5, 0.6) is 5.75 Å². The molecule has 0 amide bonds. The van der Waals surface area contributed by atoms with Crippen molar-refractivity contribution in [2.75, 3.05) is 27.7 Å². The van der Waals surface area contributed by atoms with Gasteiger partial charge in [0, 0.05) is 5.56 Å². The highest BCUT2D eigenvalue weighted by atomic mass is 79.9. The lowest BCUT2D eigenvalue weighted by Gasteiger charge is -2.10. The van der Waals surface area contributed by atoms with E-state index in [1.807, 2.05) is 49.3 Å². The number of halogens is 1. The lowest BCUT2D eigenvalue weighted by molar-refractivity contribution is 0.0958. The summed E-state index contributed by atoms with van der Waals surface area (Å²) in [4.78, 5) is 13.9. The summed E-state index contributed by atoms with van der Waals surface area (Å²) in [6.07, 6.45) is 0. The molecule has 100 valence electrons. The Balaban J connectivity index is 2.45. The van der Waals surface area contributed by atoms with Crippen LogP contribution in [0.2, 0.25) is 0 Å². The van der Waals surface area contributed by atoms with Crippen molar-refractivity contribution in [1.82, 2.24) is 4.90 Å². The molecule has 0 saturated heterocycles. The molecular weight excluding hydrogens is 306 g/mol. The van der Waals surface area contributed by atoms with Gasteiger partial charge in [-0.05, 0) is 52.9 Å². The second-order valence-electron chi connectivity index (χ2n) is 4.68. The molecule has 0 radical (unpaired) electrons. The largest absolute Gasteiger partial charge is 0.496 e. The van der Waals surface area contributed by atoms with E-state index >= 15 is 0 Å². The molecule has 0 spiro atoms. The Bertz CT molecular complexity index is 623. The van der Waals surface area contributed by atoms with Crippen molar-refractivity contribution >= 4 is 32.5 Å². The first-order valence-electron chi connectivity index (χ1n) is 5.97. The second kappa shape index (κ2) is 5.72. The van der Waals surface area contributed by atoms with Crippen LogP contribution in [-0.4, -0.2) is 38.4 Å². The quantitative estimate of drug-likeness (QED) is 0.809. The van der Waals surface area contributed by atoms with Gasteiger partial charge in [0.1, 0.15) is 5.75 Å². The molecule has 0 N–H and O–H groups in total. The molecule has 0 heterocycles. The zero-order valence-electron chi connectivity index (χ0n) is 11.2. The number of Topliss-reactive ketones (excluding diaryl/α,β-unsaturated/α-hetero) is 1. The van der Waals surface area contributed by atoms with Gasteiger partial charge in [-0.25, -0.2) is 0 Å². The molecular formula is C15H16BrNO2. The standard InChI is InChI=1S/C15H16BrNO2/c1-17(2)9-13(18)11-4-6-12-10(8-11)5-7-14(19-3)15(12)16/h4-8H,9H2,1-3H3. The topological polar surface area (TPSA) is 29.5 Å². The number of likely N-dealkylation sites (N-methyl/N-ethyl adjacent to an activating group) is 1. The number of carbonyl (C=O) groups is 1. The highest BCUT2D eigenvalue weighted by molar-refractivity contribution is 9.10. The number of carbonyl (C=O) groups excluding carboxylic acids is 1. The molecule has 0 aliphatic rings. The molecule has 0 fully saturated rings. The predicted octanol–water partition coefficient (Wildman–Crippen LogP) is 3.36. The Morgan fingerprint density at radius 3 is 2.63 bits per heavy atom. The van der Waals surface area contributed by atoms with Crippen LogP contribution >= 0.6 is 15.9 Å². The summed E-state index contributed by atoms with van der Waals surface area (Å²) in [6, 6.07) is 9.59. The second-order valence-corrected chi connectivity index (χ2v) is 5.47. The van der Waals surface area contributed by atoms with Crippen LogP contribution in [-0.2, 0) is 0 Å². The number of methoxy groups -OCH3 is 1. The maximum absolute atomic E-state index is 12.0. The van der Waals surface area contributed by atoms with Gasteiger partial charge in [0.25, 0.3) is 0 Å². The van der Waals surface area contributed by atoms with Crippen LogP contribution < -0.4 is 4.74 Å². The summed E-state index contributed by atoms with van der Waals surface area (Å²) in [5.74, 6) is 0.915. The zero-order valence-corrected chi connectivity index (χ0v) is 12.8. The summed E-state index contributed by atoms with van der Waals surface area (Å²) in [6.45, 7) is 0.419. The number of hydrogen-bond acceptors (Lipinski definition) is 3. The normalized spacial score (nSPS) is 11.0. The molecule has 0 bridgehead atoms. The smallest absolute Gasteiger partial charge is 0.176 e. The Kier molecular flexibility index (Phi) is 4.22. The highest BCUT2D eigenvalue weighted by Gasteiger charge is 2.10. The zero-order chi connectivity index (χ0) is 14.0. The van der Waals surface area contributed by atoms with Crippen molar-refractivity contribution < 1.29 is 9.53 Å². The lowest BCUT2D eigenvalue weighted by Crippen LogP contribution is -2.21. The van der Waals surface area contributed by atoms with Gasteiger partial charge in [-0.3, -0.25) is 4.79 Å². The first-order chi connectivity index (χ1) is 9.02. The average molecular weight is 322 g/mol. The van der Waals surface area contributed by atoms with Crippen LogP contribution in [0.1, 0.15) is 10.4 Å². The fraction of sp³-hybridized carbons (Fsp3) is 0.267. The number of ether oxygens (including phenoxy) is 1. The maximum Gasteiger partial charge on any atom is 0.176 e. The van der Waals surface area contributed by atoms with E-state index in [1.54, 1.807) is 7.11 Å². The van der Waals surface area contributed by atoms with Gasteiger partial charge >= 0.3 is 0 Å². The minimum atomic E-state index is 0.124. The van der Waals surface area contributed by atoms with E-state index in [2.05, 4.69) is 15.9 Å². The van der Waals surface area contributed by atoms with E-state index < -0.39 is 0 Å². The predicted molar refractivity (Wildman–Crippen MR) is 81.1 cm³/mol. The third-order valence-corrected chi connectivity index (χ3v) is 3.74. The van der Waals surface area contributed by atoms with Gasteiger partial charge in [-0.1, -0.05) is 18.2 Å². The molecule has 4 heteroatoms. The van der Waals surface area contributed by atoms with Gasteiger partial charge in [0.15, 0.2) is 5.78 Å². The van der Waals surface area contributed by atoms with Crippen molar-refractivity contribution in [3.63, 3.8) is 0 Å². The number of benzene rings is 2. The minimum absolute atomic E-state index is 0.124. The van der Waals surface area contributed by atoms with Crippen LogP contribution in [0, 0.1) is 0 Å². The summed E-state index contributed by atoms with van der Waals surface area (Å²) in [5.41, 5.74) is 0.735. The lowest BCUT2D eigenvalue weighted by atomic mass is 10.0. The summed E-state index contributed by atoms with van der Waals surface area (Å²) < 4.78 is 6.18. The third kappa shape index (κ3) is 2.96. The molecule has 0 aromatic heterocycles. The fourth-order valence-corrected chi connectivity index (χ4v) is 2.64. The van der Waals surface area contributed by atoms with Gasteiger partial charge < -0.3 is 9.64 Å². The molecule has 0 unspecified atom stereocenters. The van der Waals surface area contributed by atoms with Crippen molar-refractivity contribution in [3.05, 3.63) is 40.4 Å². The molecule has 0 saturated carbocycles. The van der Waals surface area contributed by atoms with E-state index in [4.69, 9.17) is 4.74 Å². The number of ketones is 1. The maximum atomic E-state index is 12.0. The highest BCUT2D eigenvalue weighted by Crippen LogP contribution is 2.33. The van der Waals surface area contributed by atoms with Crippen molar-refractivity contribution in [2.45, 2.75) is 0 Å². The van der Waals surface area contributed by atoms with E-state index in [1.165, 1.54) is 0 Å². The number of hydrogen-bond donors (Lipinski definition) is 0. The Morgan fingerprint density at radius 1 is 1.26 bits per heavy atom. The van der Waals surface area contributed by atoms with Gasteiger partial charge in [0.2, 0.25) is 0 Å². The van der Waals surface area contributed by atoms with Gasteiger partial charge in [-0.2, -0.15) is 0 Å². The van der Waals surface area contributed by atoms with Gasteiger partial charge in [-0.15, -0.1) is 0 Å². The first kappa shape index (κ1) is 14.0. The van der Waals surface area contributed by atoms with Crippen LogP contribution in [0.25, 0.3) is 10.8 Å². The molecule has 2 aromatic carbocycles. The number of fused-ring (bicyclic) bond motifs is 1. The fourth-order valence-electron chi connectivity index (χ4n) is 1.98. The number of rotatable bonds is 4. The summed E-state index contributed by atoms with van der Waals surface area (Å²) in [7, 11) is 5.42. The Hall–Kier alpha value is -1.39. The SMILES string of the molecule is COc1ccc2cc(C(=O)CN(C)C)ccc2c1Br. The van der Waals surface area contributed by atoms with Gasteiger partial charge in [0.05, 0.1) is 18.1 Å². The Morgan fingerprint density at radius 2 is 2.00 bits per heavy atom. The van der Waals surface area contributed by atoms with Crippen LogP contribution in [0.4, 0.5) is 0 Å². The van der Waals surface area contributed by atoms with E-state index in [-0.39, 0.29) is 5.78 Å². The average Bonchev–Trinajstić information content (AvgIpc) is 2.38. The Labute approximate surface area is 121 Å². The molecule has 0 aliphatic heterocycles. The van der Waals surface area contributed by atoms with Crippen LogP contribution in [0.3, 0.4) is 0 Å². The monoisotopic (exact) mass is 321 g/mol. The van der Waals surface area contributed by atoms with E-state index in [0.29, 0.717) is 6.54 Å². The van der Waals surface area contributed by atoms with Crippen molar-refractivity contribution in [2.24, 2.45) is 0 Å². The molecule has 3 nitrogen and oxygen atoms in total. The molecule has 2 rings (SSSR count). The number of nitrogens with zero attached hydrogens (tertiary/aromatic N) is 1. The molecule has 0 atom stereocenters. The van der Waals surface area contributed by atoms with E-state index in [0.717, 1.165) is 26.6 Å². The van der Waals surface area contributed by atoms with E-state index in [9.17, 15) is 4.79 Å². The molecule has 0 aliphatic carbocycles. The molecule has 2 aromatic rings.